The molecule has 0 aromatic rings. The van der Waals surface area contributed by atoms with Gasteiger partial charge in [-0.05, 0) is 33.2 Å². The van der Waals surface area contributed by atoms with E-state index in [1.807, 2.05) is 20.8 Å². The number of rotatable bonds is 6. The Morgan fingerprint density at radius 2 is 2.10 bits per heavy atom. The quantitative estimate of drug-likeness (QED) is 0.725. The van der Waals surface area contributed by atoms with Crippen LogP contribution in [0.5, 0.6) is 0 Å². The van der Waals surface area contributed by atoms with Crippen LogP contribution in [-0.4, -0.2) is 55.1 Å². The van der Waals surface area contributed by atoms with Crippen molar-refractivity contribution in [2.75, 3.05) is 26.3 Å². The highest BCUT2D eigenvalue weighted by Crippen LogP contribution is 2.15. The molecule has 1 aliphatic heterocycles. The van der Waals surface area contributed by atoms with E-state index in [0.29, 0.717) is 19.7 Å². The van der Waals surface area contributed by atoms with E-state index in [9.17, 15) is 9.59 Å². The summed E-state index contributed by atoms with van der Waals surface area (Å²) in [6.07, 6.45) is 1.57. The summed E-state index contributed by atoms with van der Waals surface area (Å²) in [6.45, 7) is 7.51. The van der Waals surface area contributed by atoms with Crippen LogP contribution >= 0.6 is 0 Å². The number of ether oxygens (including phenoxy) is 1. The highest BCUT2D eigenvalue weighted by Gasteiger charge is 2.34. The Labute approximate surface area is 121 Å². The first-order valence-corrected chi connectivity index (χ1v) is 7.36. The molecule has 2 amide bonds. The molecule has 0 saturated carbocycles. The average Bonchev–Trinajstić information content (AvgIpc) is 2.43. The van der Waals surface area contributed by atoms with Gasteiger partial charge in [0.1, 0.15) is 6.04 Å². The van der Waals surface area contributed by atoms with E-state index in [-0.39, 0.29) is 30.4 Å². The van der Waals surface area contributed by atoms with Gasteiger partial charge in [0, 0.05) is 18.5 Å². The third kappa shape index (κ3) is 4.76. The zero-order valence-electron chi connectivity index (χ0n) is 12.7. The van der Waals surface area contributed by atoms with Gasteiger partial charge in [0.15, 0.2) is 0 Å². The predicted octanol–water partition coefficient (Wildman–Crippen LogP) is 0.113. The fourth-order valence-electron chi connectivity index (χ4n) is 2.30. The van der Waals surface area contributed by atoms with Crippen LogP contribution in [0.3, 0.4) is 0 Å². The molecule has 2 atom stereocenters. The van der Waals surface area contributed by atoms with E-state index in [4.69, 9.17) is 10.5 Å². The minimum atomic E-state index is -0.515. The normalized spacial score (nSPS) is 20.9. The molecule has 1 aliphatic rings. The lowest BCUT2D eigenvalue weighted by atomic mass is 10.0. The standard InChI is InChI=1S/C14H27N3O3/c1-10(2)16-13(18)12-9-20-8-7-17(12)14(19)11(3)5-4-6-15/h10-12H,4-9,15H2,1-3H3,(H,16,18). The van der Waals surface area contributed by atoms with Gasteiger partial charge in [0.2, 0.25) is 11.8 Å². The molecule has 0 aliphatic carbocycles. The van der Waals surface area contributed by atoms with E-state index < -0.39 is 6.04 Å². The second-order valence-corrected chi connectivity index (χ2v) is 5.62. The van der Waals surface area contributed by atoms with Crippen LogP contribution in [0.25, 0.3) is 0 Å². The Hall–Kier alpha value is -1.14. The molecule has 0 spiro atoms. The lowest BCUT2D eigenvalue weighted by Gasteiger charge is -2.36. The molecular weight excluding hydrogens is 258 g/mol. The topological polar surface area (TPSA) is 84.7 Å². The molecule has 1 saturated heterocycles. The Morgan fingerprint density at radius 1 is 1.40 bits per heavy atom. The van der Waals surface area contributed by atoms with Crippen molar-refractivity contribution in [2.45, 2.75) is 45.7 Å². The zero-order chi connectivity index (χ0) is 15.1. The molecule has 1 heterocycles. The molecule has 6 heteroatoms. The maximum Gasteiger partial charge on any atom is 0.245 e. The van der Waals surface area contributed by atoms with Crippen molar-refractivity contribution in [1.29, 1.82) is 0 Å². The van der Waals surface area contributed by atoms with Crippen molar-refractivity contribution in [3.05, 3.63) is 0 Å². The van der Waals surface area contributed by atoms with Gasteiger partial charge in [-0.1, -0.05) is 6.92 Å². The second-order valence-electron chi connectivity index (χ2n) is 5.62. The van der Waals surface area contributed by atoms with Crippen molar-refractivity contribution in [3.8, 4) is 0 Å². The van der Waals surface area contributed by atoms with Crippen LogP contribution in [0.4, 0.5) is 0 Å². The fraction of sp³-hybridized carbons (Fsp3) is 0.857. The van der Waals surface area contributed by atoms with Gasteiger partial charge < -0.3 is 20.7 Å². The summed E-state index contributed by atoms with van der Waals surface area (Å²) in [5.74, 6) is -0.226. The summed E-state index contributed by atoms with van der Waals surface area (Å²) < 4.78 is 5.35. The number of nitrogens with two attached hydrogens (primary N) is 1. The van der Waals surface area contributed by atoms with Gasteiger partial charge in [-0.15, -0.1) is 0 Å². The van der Waals surface area contributed by atoms with Gasteiger partial charge >= 0.3 is 0 Å². The summed E-state index contributed by atoms with van der Waals surface area (Å²) in [5.41, 5.74) is 5.48. The fourth-order valence-corrected chi connectivity index (χ4v) is 2.30. The van der Waals surface area contributed by atoms with E-state index in [1.54, 1.807) is 4.90 Å². The van der Waals surface area contributed by atoms with Gasteiger partial charge in [-0.3, -0.25) is 9.59 Å². The molecule has 6 nitrogen and oxygen atoms in total. The van der Waals surface area contributed by atoms with Crippen molar-refractivity contribution < 1.29 is 14.3 Å². The molecule has 0 aromatic carbocycles. The van der Waals surface area contributed by atoms with Crippen molar-refractivity contribution in [2.24, 2.45) is 11.7 Å². The van der Waals surface area contributed by atoms with Gasteiger partial charge in [-0.2, -0.15) is 0 Å². The maximum absolute atomic E-state index is 12.5. The largest absolute Gasteiger partial charge is 0.377 e. The Kier molecular flexibility index (Phi) is 6.95. The smallest absolute Gasteiger partial charge is 0.245 e. The lowest BCUT2D eigenvalue weighted by Crippen LogP contribution is -2.57. The highest BCUT2D eigenvalue weighted by atomic mass is 16.5. The molecule has 0 bridgehead atoms. The number of nitrogens with zero attached hydrogens (tertiary/aromatic N) is 1. The number of carbonyl (C=O) groups excluding carboxylic acids is 2. The van der Waals surface area contributed by atoms with E-state index >= 15 is 0 Å². The number of hydrogen-bond acceptors (Lipinski definition) is 4. The Bertz CT molecular complexity index is 334. The van der Waals surface area contributed by atoms with E-state index in [2.05, 4.69) is 5.32 Å². The first-order chi connectivity index (χ1) is 9.47. The van der Waals surface area contributed by atoms with Crippen LogP contribution in [0.15, 0.2) is 0 Å². The van der Waals surface area contributed by atoms with Gasteiger partial charge in [-0.25, -0.2) is 0 Å². The minimum absolute atomic E-state index is 0.0191. The van der Waals surface area contributed by atoms with Gasteiger partial charge in [0.25, 0.3) is 0 Å². The average molecular weight is 285 g/mol. The summed E-state index contributed by atoms with van der Waals surface area (Å²) >= 11 is 0. The lowest BCUT2D eigenvalue weighted by molar-refractivity contribution is -0.151. The summed E-state index contributed by atoms with van der Waals surface area (Å²) in [5, 5.41) is 2.85. The van der Waals surface area contributed by atoms with Crippen molar-refractivity contribution >= 4 is 11.8 Å². The third-order valence-corrected chi connectivity index (χ3v) is 3.41. The van der Waals surface area contributed by atoms with E-state index in [0.717, 1.165) is 12.8 Å². The summed E-state index contributed by atoms with van der Waals surface area (Å²) in [7, 11) is 0. The third-order valence-electron chi connectivity index (χ3n) is 3.41. The minimum Gasteiger partial charge on any atom is -0.377 e. The molecular formula is C14H27N3O3. The van der Waals surface area contributed by atoms with Crippen LogP contribution < -0.4 is 11.1 Å². The van der Waals surface area contributed by atoms with Gasteiger partial charge in [0.05, 0.1) is 13.2 Å². The predicted molar refractivity (Wildman–Crippen MR) is 77.1 cm³/mol. The Balaban J connectivity index is 2.67. The summed E-state index contributed by atoms with van der Waals surface area (Å²) in [4.78, 5) is 26.3. The van der Waals surface area contributed by atoms with E-state index in [1.165, 1.54) is 0 Å². The molecule has 1 fully saturated rings. The molecule has 0 aromatic heterocycles. The van der Waals surface area contributed by atoms with Crippen LogP contribution in [-0.2, 0) is 14.3 Å². The Morgan fingerprint density at radius 3 is 2.70 bits per heavy atom. The number of carbonyl (C=O) groups is 2. The molecule has 2 unspecified atom stereocenters. The zero-order valence-corrected chi connectivity index (χ0v) is 12.7. The molecule has 20 heavy (non-hydrogen) atoms. The number of amides is 2. The first-order valence-electron chi connectivity index (χ1n) is 7.36. The molecule has 1 rings (SSSR count). The summed E-state index contributed by atoms with van der Waals surface area (Å²) in [6, 6.07) is -0.463. The molecule has 3 N–H and O–H groups in total. The molecule has 116 valence electrons. The number of hydrogen-bond donors (Lipinski definition) is 2. The highest BCUT2D eigenvalue weighted by molar-refractivity contribution is 5.88. The van der Waals surface area contributed by atoms with Crippen molar-refractivity contribution in [3.63, 3.8) is 0 Å². The maximum atomic E-state index is 12.5. The van der Waals surface area contributed by atoms with Crippen molar-refractivity contribution in [1.82, 2.24) is 10.2 Å². The second kappa shape index (κ2) is 8.21. The SMILES string of the molecule is CC(C)NC(=O)C1COCCN1C(=O)C(C)CCCN. The van der Waals surface area contributed by atoms with Crippen LogP contribution in [0.2, 0.25) is 0 Å². The number of morpholine rings is 1. The van der Waals surface area contributed by atoms with Crippen LogP contribution in [0.1, 0.15) is 33.6 Å². The molecule has 0 radical (unpaired) electrons. The number of nitrogens with one attached hydrogen (secondary N) is 1. The van der Waals surface area contributed by atoms with Crippen LogP contribution in [0, 0.1) is 5.92 Å². The first kappa shape index (κ1) is 16.9. The monoisotopic (exact) mass is 285 g/mol.